The van der Waals surface area contributed by atoms with Crippen molar-refractivity contribution in [2.45, 2.75) is 38.3 Å². The number of hydrogen-bond donors (Lipinski definition) is 1. The smallest absolute Gasteiger partial charge is 0.323 e. The predicted molar refractivity (Wildman–Crippen MR) is 69.7 cm³/mol. The predicted octanol–water partition coefficient (Wildman–Crippen LogP) is 3.40. The summed E-state index contributed by atoms with van der Waals surface area (Å²) in [6.45, 7) is 4.70. The van der Waals surface area contributed by atoms with Gasteiger partial charge in [0.2, 0.25) is 0 Å². The van der Waals surface area contributed by atoms with E-state index in [0.717, 1.165) is 22.2 Å². The van der Waals surface area contributed by atoms with Gasteiger partial charge in [0.05, 0.1) is 4.34 Å². The molecule has 17 heavy (non-hydrogen) atoms. The highest BCUT2D eigenvalue weighted by Crippen LogP contribution is 2.39. The summed E-state index contributed by atoms with van der Waals surface area (Å²) in [5.74, 6) is -0.732. The molecule has 2 heterocycles. The molecular weight excluding hydrogens is 258 g/mol. The lowest BCUT2D eigenvalue weighted by molar-refractivity contribution is -0.149. The summed E-state index contributed by atoms with van der Waals surface area (Å²) in [5, 5.41) is 9.38. The second-order valence-corrected chi connectivity index (χ2v) is 6.44. The van der Waals surface area contributed by atoms with E-state index >= 15 is 0 Å². The number of hydrogen-bond acceptors (Lipinski definition) is 3. The second kappa shape index (κ2) is 4.59. The van der Waals surface area contributed by atoms with Crippen LogP contribution in [0.15, 0.2) is 12.1 Å². The van der Waals surface area contributed by atoms with E-state index < -0.39 is 11.5 Å². The van der Waals surface area contributed by atoms with Gasteiger partial charge in [-0.25, -0.2) is 0 Å². The van der Waals surface area contributed by atoms with E-state index in [4.69, 9.17) is 11.6 Å². The van der Waals surface area contributed by atoms with Gasteiger partial charge in [-0.15, -0.1) is 11.3 Å². The molecule has 5 heteroatoms. The first kappa shape index (κ1) is 12.9. The fraction of sp³-hybridized carbons (Fsp3) is 0.583. The highest BCUT2D eigenvalue weighted by atomic mass is 35.5. The monoisotopic (exact) mass is 273 g/mol. The molecule has 2 unspecified atom stereocenters. The summed E-state index contributed by atoms with van der Waals surface area (Å²) in [4.78, 5) is 14.6. The van der Waals surface area contributed by atoms with Crippen molar-refractivity contribution in [1.29, 1.82) is 0 Å². The van der Waals surface area contributed by atoms with Crippen LogP contribution in [0, 0.1) is 0 Å². The second-order valence-electron chi connectivity index (χ2n) is 4.69. The molecule has 1 aliphatic rings. The van der Waals surface area contributed by atoms with E-state index in [-0.39, 0.29) is 6.04 Å². The molecule has 2 atom stereocenters. The third-order valence-electron chi connectivity index (χ3n) is 3.63. The van der Waals surface area contributed by atoms with Crippen molar-refractivity contribution in [2.24, 2.45) is 0 Å². The highest BCUT2D eigenvalue weighted by Gasteiger charge is 2.45. The van der Waals surface area contributed by atoms with Crippen LogP contribution in [-0.4, -0.2) is 28.1 Å². The number of halogens is 1. The number of nitrogens with zero attached hydrogens (tertiary/aromatic N) is 1. The van der Waals surface area contributed by atoms with Crippen molar-refractivity contribution >= 4 is 28.9 Å². The summed E-state index contributed by atoms with van der Waals surface area (Å²) < 4.78 is 0.753. The standard InChI is InChI=1S/C12H16ClNO2S/c1-8(9-4-5-10(13)17-9)14-7-3-6-12(14,2)11(15)16/h4-5,8H,3,6-7H2,1-2H3,(H,15,16). The molecule has 1 N–H and O–H groups in total. The molecule has 0 radical (unpaired) electrons. The Bertz CT molecular complexity index is 434. The third-order valence-corrected chi connectivity index (χ3v) is 5.03. The van der Waals surface area contributed by atoms with Gasteiger partial charge < -0.3 is 5.11 Å². The Morgan fingerprint density at radius 3 is 2.88 bits per heavy atom. The van der Waals surface area contributed by atoms with Gasteiger partial charge in [-0.05, 0) is 45.4 Å². The zero-order valence-corrected chi connectivity index (χ0v) is 11.5. The molecule has 2 rings (SSSR count). The van der Waals surface area contributed by atoms with Gasteiger partial charge in [0, 0.05) is 10.9 Å². The summed E-state index contributed by atoms with van der Waals surface area (Å²) >= 11 is 7.45. The maximum absolute atomic E-state index is 11.4. The van der Waals surface area contributed by atoms with Crippen LogP contribution < -0.4 is 0 Å². The van der Waals surface area contributed by atoms with Crippen LogP contribution in [0.5, 0.6) is 0 Å². The Morgan fingerprint density at radius 2 is 2.35 bits per heavy atom. The molecular formula is C12H16ClNO2S. The van der Waals surface area contributed by atoms with Gasteiger partial charge in [0.25, 0.3) is 0 Å². The quantitative estimate of drug-likeness (QED) is 0.918. The van der Waals surface area contributed by atoms with Gasteiger partial charge in [-0.2, -0.15) is 0 Å². The molecule has 1 saturated heterocycles. The largest absolute Gasteiger partial charge is 0.480 e. The third kappa shape index (κ3) is 2.21. The van der Waals surface area contributed by atoms with Crippen molar-refractivity contribution in [1.82, 2.24) is 4.90 Å². The molecule has 0 aromatic carbocycles. The van der Waals surface area contributed by atoms with Crippen LogP contribution in [0.25, 0.3) is 0 Å². The number of rotatable bonds is 3. The number of thiophene rings is 1. The Morgan fingerprint density at radius 1 is 1.65 bits per heavy atom. The molecule has 0 amide bonds. The average molecular weight is 274 g/mol. The molecule has 0 saturated carbocycles. The van der Waals surface area contributed by atoms with E-state index in [0.29, 0.717) is 6.42 Å². The average Bonchev–Trinajstić information content (AvgIpc) is 2.85. The lowest BCUT2D eigenvalue weighted by Gasteiger charge is -2.35. The molecule has 94 valence electrons. The van der Waals surface area contributed by atoms with Crippen LogP contribution in [0.2, 0.25) is 4.34 Å². The fourth-order valence-electron chi connectivity index (χ4n) is 2.54. The van der Waals surface area contributed by atoms with Crippen molar-refractivity contribution in [3.8, 4) is 0 Å². The van der Waals surface area contributed by atoms with Gasteiger partial charge in [-0.1, -0.05) is 11.6 Å². The number of carbonyl (C=O) groups is 1. The normalized spacial score (nSPS) is 27.2. The molecule has 0 spiro atoms. The summed E-state index contributed by atoms with van der Waals surface area (Å²) in [5.41, 5.74) is -0.740. The topological polar surface area (TPSA) is 40.5 Å². The molecule has 1 fully saturated rings. The Hall–Kier alpha value is -0.580. The number of likely N-dealkylation sites (tertiary alicyclic amines) is 1. The van der Waals surface area contributed by atoms with Crippen molar-refractivity contribution < 1.29 is 9.90 Å². The zero-order chi connectivity index (χ0) is 12.6. The van der Waals surface area contributed by atoms with E-state index in [9.17, 15) is 9.90 Å². The Kier molecular flexibility index (Phi) is 3.48. The van der Waals surface area contributed by atoms with Crippen LogP contribution in [0.3, 0.4) is 0 Å². The fourth-order valence-corrected chi connectivity index (χ4v) is 3.67. The van der Waals surface area contributed by atoms with Gasteiger partial charge >= 0.3 is 5.97 Å². The van der Waals surface area contributed by atoms with Crippen molar-refractivity contribution in [2.75, 3.05) is 6.54 Å². The minimum absolute atomic E-state index is 0.107. The van der Waals surface area contributed by atoms with Gasteiger partial charge in [-0.3, -0.25) is 9.69 Å². The highest BCUT2D eigenvalue weighted by molar-refractivity contribution is 7.16. The Labute approximate surface area is 110 Å². The molecule has 1 aliphatic heterocycles. The van der Waals surface area contributed by atoms with Gasteiger partial charge in [0.1, 0.15) is 5.54 Å². The molecule has 1 aromatic rings. The van der Waals surface area contributed by atoms with E-state index in [1.54, 1.807) is 0 Å². The first-order valence-corrected chi connectivity index (χ1v) is 6.90. The van der Waals surface area contributed by atoms with Crippen LogP contribution in [0.1, 0.15) is 37.6 Å². The minimum Gasteiger partial charge on any atom is -0.480 e. The SMILES string of the molecule is CC(c1ccc(Cl)s1)N1CCCC1(C)C(=O)O. The van der Waals surface area contributed by atoms with E-state index in [1.165, 1.54) is 11.3 Å². The number of carboxylic acids is 1. The molecule has 0 bridgehead atoms. The van der Waals surface area contributed by atoms with E-state index in [2.05, 4.69) is 11.8 Å². The molecule has 1 aromatic heterocycles. The van der Waals surface area contributed by atoms with E-state index in [1.807, 2.05) is 19.1 Å². The summed E-state index contributed by atoms with van der Waals surface area (Å²) in [6, 6.07) is 3.96. The number of carboxylic acid groups (broad SMARTS) is 1. The maximum atomic E-state index is 11.4. The van der Waals surface area contributed by atoms with Crippen molar-refractivity contribution in [3.63, 3.8) is 0 Å². The van der Waals surface area contributed by atoms with Crippen LogP contribution in [-0.2, 0) is 4.79 Å². The van der Waals surface area contributed by atoms with Crippen LogP contribution >= 0.6 is 22.9 Å². The first-order valence-electron chi connectivity index (χ1n) is 5.70. The maximum Gasteiger partial charge on any atom is 0.323 e. The molecule has 0 aliphatic carbocycles. The number of aliphatic carboxylic acids is 1. The summed E-state index contributed by atoms with van der Waals surface area (Å²) in [6.07, 6.45) is 1.65. The lowest BCUT2D eigenvalue weighted by Crippen LogP contribution is -2.48. The molecule has 3 nitrogen and oxygen atoms in total. The lowest BCUT2D eigenvalue weighted by atomic mass is 9.98. The first-order chi connectivity index (χ1) is 7.95. The van der Waals surface area contributed by atoms with Gasteiger partial charge in [0.15, 0.2) is 0 Å². The zero-order valence-electron chi connectivity index (χ0n) is 9.94. The van der Waals surface area contributed by atoms with Crippen molar-refractivity contribution in [3.05, 3.63) is 21.3 Å². The minimum atomic E-state index is -0.740. The Balaban J connectivity index is 2.25. The summed E-state index contributed by atoms with van der Waals surface area (Å²) in [7, 11) is 0. The van der Waals surface area contributed by atoms with Crippen LogP contribution in [0.4, 0.5) is 0 Å².